The molecule has 2 unspecified atom stereocenters. The zero-order valence-electron chi connectivity index (χ0n) is 9.80. The summed E-state index contributed by atoms with van der Waals surface area (Å²) in [5.74, 6) is -0.0945. The monoisotopic (exact) mass is 261 g/mol. The standard InChI is InChI=1S/C13H15F4N/c14-12-8-18-6-5-10(12)7-9-1-3-11(4-2-9)13(15,16)17/h1-4,10,12,18H,5-8H2. The molecular formula is C13H15F4N. The van der Waals surface area contributed by atoms with Crippen LogP contribution in [0.25, 0.3) is 0 Å². The maximum Gasteiger partial charge on any atom is 0.416 e. The van der Waals surface area contributed by atoms with E-state index in [9.17, 15) is 17.6 Å². The first-order valence-electron chi connectivity index (χ1n) is 5.98. The van der Waals surface area contributed by atoms with Crippen LogP contribution in [0.4, 0.5) is 17.6 Å². The highest BCUT2D eigenvalue weighted by molar-refractivity contribution is 5.25. The molecule has 1 aliphatic heterocycles. The van der Waals surface area contributed by atoms with Gasteiger partial charge in [-0.05, 0) is 43.0 Å². The minimum absolute atomic E-state index is 0.0945. The van der Waals surface area contributed by atoms with E-state index in [4.69, 9.17) is 0 Å². The third kappa shape index (κ3) is 3.22. The van der Waals surface area contributed by atoms with Crippen LogP contribution < -0.4 is 5.32 Å². The Bertz CT molecular complexity index is 385. The van der Waals surface area contributed by atoms with Gasteiger partial charge in [0.2, 0.25) is 0 Å². The molecule has 1 aliphatic rings. The quantitative estimate of drug-likeness (QED) is 0.806. The number of rotatable bonds is 2. The second-order valence-electron chi connectivity index (χ2n) is 4.67. The summed E-state index contributed by atoms with van der Waals surface area (Å²) in [5, 5.41) is 2.96. The third-order valence-electron chi connectivity index (χ3n) is 3.32. The summed E-state index contributed by atoms with van der Waals surface area (Å²) in [5.41, 5.74) is 0.103. The molecule has 0 spiro atoms. The largest absolute Gasteiger partial charge is 0.416 e. The molecule has 0 aliphatic carbocycles. The lowest BCUT2D eigenvalue weighted by Crippen LogP contribution is -2.38. The summed E-state index contributed by atoms with van der Waals surface area (Å²) >= 11 is 0. The van der Waals surface area contributed by atoms with Crippen LogP contribution in [-0.2, 0) is 12.6 Å². The van der Waals surface area contributed by atoms with Crippen molar-refractivity contribution in [2.75, 3.05) is 13.1 Å². The van der Waals surface area contributed by atoms with Crippen LogP contribution in [0.5, 0.6) is 0 Å². The van der Waals surface area contributed by atoms with Crippen molar-refractivity contribution in [1.29, 1.82) is 0 Å². The SMILES string of the molecule is FC1CNCCC1Cc1ccc(C(F)(F)F)cc1. The number of alkyl halides is 4. The molecule has 100 valence electrons. The number of nitrogens with one attached hydrogen (secondary N) is 1. The van der Waals surface area contributed by atoms with Gasteiger partial charge in [-0.2, -0.15) is 13.2 Å². The first-order chi connectivity index (χ1) is 8.47. The van der Waals surface area contributed by atoms with Crippen molar-refractivity contribution in [3.63, 3.8) is 0 Å². The summed E-state index contributed by atoms with van der Waals surface area (Å²) in [6, 6.07) is 5.00. The second-order valence-corrected chi connectivity index (χ2v) is 4.67. The van der Waals surface area contributed by atoms with Crippen LogP contribution in [0, 0.1) is 5.92 Å². The Balaban J connectivity index is 2.02. The van der Waals surface area contributed by atoms with Crippen molar-refractivity contribution >= 4 is 0 Å². The van der Waals surface area contributed by atoms with E-state index in [1.807, 2.05) is 0 Å². The molecule has 0 amide bonds. The number of benzene rings is 1. The highest BCUT2D eigenvalue weighted by atomic mass is 19.4. The Morgan fingerprint density at radius 1 is 1.17 bits per heavy atom. The Kier molecular flexibility index (Phi) is 3.90. The minimum Gasteiger partial charge on any atom is -0.314 e. The average molecular weight is 261 g/mol. The lowest BCUT2D eigenvalue weighted by molar-refractivity contribution is -0.137. The molecule has 0 saturated carbocycles. The fraction of sp³-hybridized carbons (Fsp3) is 0.538. The predicted molar refractivity (Wildman–Crippen MR) is 61.0 cm³/mol. The van der Waals surface area contributed by atoms with Gasteiger partial charge in [-0.15, -0.1) is 0 Å². The molecule has 1 aromatic rings. The first kappa shape index (κ1) is 13.3. The van der Waals surface area contributed by atoms with E-state index >= 15 is 0 Å². The van der Waals surface area contributed by atoms with Crippen LogP contribution in [-0.4, -0.2) is 19.3 Å². The van der Waals surface area contributed by atoms with E-state index in [0.29, 0.717) is 13.0 Å². The molecule has 5 heteroatoms. The van der Waals surface area contributed by atoms with Crippen molar-refractivity contribution in [3.05, 3.63) is 35.4 Å². The topological polar surface area (TPSA) is 12.0 Å². The van der Waals surface area contributed by atoms with Crippen molar-refractivity contribution in [2.24, 2.45) is 5.92 Å². The van der Waals surface area contributed by atoms with Crippen molar-refractivity contribution in [3.8, 4) is 0 Å². The Morgan fingerprint density at radius 2 is 1.83 bits per heavy atom. The maximum atomic E-state index is 13.6. The normalized spacial score (nSPS) is 25.1. The molecule has 0 bridgehead atoms. The number of hydrogen-bond acceptors (Lipinski definition) is 1. The van der Waals surface area contributed by atoms with Gasteiger partial charge in [0.05, 0.1) is 5.56 Å². The van der Waals surface area contributed by atoms with Crippen LogP contribution >= 0.6 is 0 Å². The van der Waals surface area contributed by atoms with Crippen LogP contribution in [0.3, 0.4) is 0 Å². The van der Waals surface area contributed by atoms with E-state index in [0.717, 1.165) is 30.7 Å². The van der Waals surface area contributed by atoms with Crippen molar-refractivity contribution in [1.82, 2.24) is 5.32 Å². The summed E-state index contributed by atoms with van der Waals surface area (Å²) in [7, 11) is 0. The van der Waals surface area contributed by atoms with E-state index < -0.39 is 17.9 Å². The average Bonchev–Trinajstić information content (AvgIpc) is 2.32. The molecular weight excluding hydrogens is 246 g/mol. The molecule has 1 N–H and O–H groups in total. The first-order valence-corrected chi connectivity index (χ1v) is 5.98. The fourth-order valence-electron chi connectivity index (χ4n) is 2.24. The number of piperidine rings is 1. The van der Waals surface area contributed by atoms with Gasteiger partial charge < -0.3 is 5.32 Å². The van der Waals surface area contributed by atoms with Gasteiger partial charge in [-0.3, -0.25) is 0 Å². The summed E-state index contributed by atoms with van der Waals surface area (Å²) in [6.45, 7) is 1.11. The lowest BCUT2D eigenvalue weighted by Gasteiger charge is -2.26. The highest BCUT2D eigenvalue weighted by Crippen LogP contribution is 2.30. The summed E-state index contributed by atoms with van der Waals surface area (Å²) in [6.07, 6.45) is -4.00. The third-order valence-corrected chi connectivity index (χ3v) is 3.32. The molecule has 2 atom stereocenters. The van der Waals surface area contributed by atoms with Gasteiger partial charge in [0, 0.05) is 6.54 Å². The molecule has 1 saturated heterocycles. The smallest absolute Gasteiger partial charge is 0.314 e. The molecule has 0 aromatic heterocycles. The second kappa shape index (κ2) is 5.26. The van der Waals surface area contributed by atoms with Gasteiger partial charge in [0.15, 0.2) is 0 Å². The lowest BCUT2D eigenvalue weighted by atomic mass is 9.89. The van der Waals surface area contributed by atoms with Crippen LogP contribution in [0.1, 0.15) is 17.5 Å². The molecule has 1 aromatic carbocycles. The van der Waals surface area contributed by atoms with E-state index in [-0.39, 0.29) is 5.92 Å². The molecule has 0 radical (unpaired) electrons. The van der Waals surface area contributed by atoms with Gasteiger partial charge in [-0.1, -0.05) is 12.1 Å². The van der Waals surface area contributed by atoms with Gasteiger partial charge in [0.1, 0.15) is 6.17 Å². The summed E-state index contributed by atoms with van der Waals surface area (Å²) in [4.78, 5) is 0. The van der Waals surface area contributed by atoms with Crippen LogP contribution in [0.15, 0.2) is 24.3 Å². The highest BCUT2D eigenvalue weighted by Gasteiger charge is 2.30. The zero-order valence-corrected chi connectivity index (χ0v) is 9.80. The molecule has 18 heavy (non-hydrogen) atoms. The van der Waals surface area contributed by atoms with E-state index in [1.165, 1.54) is 12.1 Å². The Labute approximate surface area is 103 Å². The number of hydrogen-bond donors (Lipinski definition) is 1. The maximum absolute atomic E-state index is 13.6. The predicted octanol–water partition coefficient (Wildman–Crippen LogP) is 3.20. The van der Waals surface area contributed by atoms with Crippen molar-refractivity contribution in [2.45, 2.75) is 25.2 Å². The summed E-state index contributed by atoms with van der Waals surface area (Å²) < 4.78 is 50.7. The number of halogens is 4. The van der Waals surface area contributed by atoms with Gasteiger partial charge >= 0.3 is 6.18 Å². The molecule has 1 heterocycles. The minimum atomic E-state index is -4.31. The Morgan fingerprint density at radius 3 is 2.39 bits per heavy atom. The molecule has 1 fully saturated rings. The van der Waals surface area contributed by atoms with Crippen molar-refractivity contribution < 1.29 is 17.6 Å². The van der Waals surface area contributed by atoms with E-state index in [1.54, 1.807) is 0 Å². The molecule has 2 rings (SSSR count). The Hall–Kier alpha value is -1.10. The van der Waals surface area contributed by atoms with Gasteiger partial charge in [-0.25, -0.2) is 4.39 Å². The van der Waals surface area contributed by atoms with Gasteiger partial charge in [0.25, 0.3) is 0 Å². The zero-order chi connectivity index (χ0) is 13.2. The fourth-order valence-corrected chi connectivity index (χ4v) is 2.24. The van der Waals surface area contributed by atoms with E-state index in [2.05, 4.69) is 5.32 Å². The molecule has 1 nitrogen and oxygen atoms in total. The van der Waals surface area contributed by atoms with Crippen LogP contribution in [0.2, 0.25) is 0 Å².